The maximum atomic E-state index is 13.1. The molecule has 0 spiro atoms. The maximum Gasteiger partial charge on any atom is 0.337 e. The highest BCUT2D eigenvalue weighted by Crippen LogP contribution is 2.32. The second kappa shape index (κ2) is 9.84. The summed E-state index contributed by atoms with van der Waals surface area (Å²) in [6.45, 7) is 6.34. The van der Waals surface area contributed by atoms with Crippen molar-refractivity contribution in [3.05, 3.63) is 64.0 Å². The van der Waals surface area contributed by atoms with E-state index in [1.807, 2.05) is 6.07 Å². The van der Waals surface area contributed by atoms with E-state index in [1.165, 1.54) is 13.4 Å². The molecular formula is C25H26N2O7. The van der Waals surface area contributed by atoms with Gasteiger partial charge in [-0.05, 0) is 36.4 Å². The first kappa shape index (κ1) is 22.4. The van der Waals surface area contributed by atoms with Crippen molar-refractivity contribution in [1.82, 2.24) is 9.80 Å². The van der Waals surface area contributed by atoms with E-state index in [-0.39, 0.29) is 11.2 Å². The van der Waals surface area contributed by atoms with Crippen molar-refractivity contribution >= 4 is 16.9 Å². The second-order valence-electron chi connectivity index (χ2n) is 8.25. The van der Waals surface area contributed by atoms with E-state index in [4.69, 9.17) is 23.4 Å². The van der Waals surface area contributed by atoms with E-state index < -0.39 is 5.97 Å². The van der Waals surface area contributed by atoms with Gasteiger partial charge in [0.1, 0.15) is 30.1 Å². The van der Waals surface area contributed by atoms with Gasteiger partial charge < -0.3 is 23.4 Å². The SMILES string of the molecule is COC(=O)c1ccc(Oc2coc3c4c(ccc3c2=O)OCN(CCN2CCOCC2)C4)cc1. The number of hydrogen-bond acceptors (Lipinski definition) is 9. The number of methoxy groups -OCH3 is 1. The molecule has 2 aliphatic heterocycles. The standard InChI is InChI=1S/C25H26N2O7/c1-30-25(29)17-2-4-18(5-3-17)34-22-15-32-24-19(23(22)28)6-7-21-20(24)14-27(16-33-21)9-8-26-10-12-31-13-11-26/h2-7,15H,8-14,16H2,1H3. The summed E-state index contributed by atoms with van der Waals surface area (Å²) in [5.74, 6) is 0.766. The van der Waals surface area contributed by atoms with Gasteiger partial charge >= 0.3 is 5.97 Å². The zero-order valence-corrected chi connectivity index (χ0v) is 19.0. The van der Waals surface area contributed by atoms with Crippen molar-refractivity contribution < 1.29 is 28.2 Å². The van der Waals surface area contributed by atoms with Crippen molar-refractivity contribution in [2.75, 3.05) is 53.2 Å². The third-order valence-corrected chi connectivity index (χ3v) is 6.09. The lowest BCUT2D eigenvalue weighted by molar-refractivity contribution is 0.0241. The van der Waals surface area contributed by atoms with Gasteiger partial charge in [0.15, 0.2) is 0 Å². The van der Waals surface area contributed by atoms with Crippen molar-refractivity contribution in [2.24, 2.45) is 0 Å². The Balaban J connectivity index is 1.34. The Labute approximate surface area is 196 Å². The van der Waals surface area contributed by atoms with Crippen LogP contribution in [-0.2, 0) is 16.0 Å². The van der Waals surface area contributed by atoms with Gasteiger partial charge in [-0.1, -0.05) is 0 Å². The fourth-order valence-electron chi connectivity index (χ4n) is 4.16. The fourth-order valence-corrected chi connectivity index (χ4v) is 4.16. The quantitative estimate of drug-likeness (QED) is 0.509. The van der Waals surface area contributed by atoms with Crippen molar-refractivity contribution in [1.29, 1.82) is 0 Å². The Morgan fingerprint density at radius 3 is 2.56 bits per heavy atom. The van der Waals surface area contributed by atoms with E-state index in [9.17, 15) is 9.59 Å². The maximum absolute atomic E-state index is 13.1. The molecule has 34 heavy (non-hydrogen) atoms. The molecule has 0 saturated carbocycles. The molecule has 3 aromatic rings. The Morgan fingerprint density at radius 2 is 1.79 bits per heavy atom. The molecule has 3 heterocycles. The number of nitrogens with zero attached hydrogens (tertiary/aromatic N) is 2. The minimum atomic E-state index is -0.442. The van der Waals surface area contributed by atoms with E-state index in [2.05, 4.69) is 9.80 Å². The highest BCUT2D eigenvalue weighted by molar-refractivity contribution is 5.89. The second-order valence-corrected chi connectivity index (χ2v) is 8.25. The summed E-state index contributed by atoms with van der Waals surface area (Å²) in [6, 6.07) is 9.86. The minimum Gasteiger partial charge on any atom is -0.478 e. The number of morpholine rings is 1. The average molecular weight is 466 g/mol. The largest absolute Gasteiger partial charge is 0.478 e. The van der Waals surface area contributed by atoms with Crippen LogP contribution in [0.1, 0.15) is 15.9 Å². The smallest absolute Gasteiger partial charge is 0.337 e. The Hall–Kier alpha value is -3.40. The van der Waals surface area contributed by atoms with Crippen molar-refractivity contribution in [3.8, 4) is 17.2 Å². The van der Waals surface area contributed by atoms with Crippen LogP contribution in [0, 0.1) is 0 Å². The summed E-state index contributed by atoms with van der Waals surface area (Å²) in [7, 11) is 1.32. The molecule has 178 valence electrons. The first-order valence-electron chi connectivity index (χ1n) is 11.2. The number of esters is 1. The molecule has 0 radical (unpaired) electrons. The first-order chi connectivity index (χ1) is 16.6. The molecule has 0 amide bonds. The van der Waals surface area contributed by atoms with Crippen LogP contribution in [-0.4, -0.2) is 69.0 Å². The predicted octanol–water partition coefficient (Wildman–Crippen LogP) is 2.86. The van der Waals surface area contributed by atoms with Gasteiger partial charge in [0.25, 0.3) is 0 Å². The molecule has 0 atom stereocenters. The Morgan fingerprint density at radius 1 is 1.03 bits per heavy atom. The number of carbonyl (C=O) groups excluding carboxylic acids is 1. The van der Waals surface area contributed by atoms with Crippen LogP contribution in [0.15, 0.2) is 51.9 Å². The number of rotatable bonds is 6. The molecule has 1 fully saturated rings. The number of hydrogen-bond donors (Lipinski definition) is 0. The molecule has 9 heteroatoms. The van der Waals surface area contributed by atoms with Gasteiger partial charge in [-0.25, -0.2) is 4.79 Å². The zero-order chi connectivity index (χ0) is 23.5. The van der Waals surface area contributed by atoms with Gasteiger partial charge in [-0.2, -0.15) is 0 Å². The van der Waals surface area contributed by atoms with Gasteiger partial charge in [-0.15, -0.1) is 0 Å². The van der Waals surface area contributed by atoms with E-state index in [1.54, 1.807) is 30.3 Å². The topological polar surface area (TPSA) is 90.7 Å². The Bertz CT molecular complexity index is 1230. The zero-order valence-electron chi connectivity index (χ0n) is 19.0. The third kappa shape index (κ3) is 4.63. The van der Waals surface area contributed by atoms with Crippen molar-refractivity contribution in [3.63, 3.8) is 0 Å². The molecule has 2 aliphatic rings. The monoisotopic (exact) mass is 466 g/mol. The normalized spacial score (nSPS) is 16.6. The van der Waals surface area contributed by atoms with E-state index in [0.717, 1.165) is 50.7 Å². The highest BCUT2D eigenvalue weighted by atomic mass is 16.5. The molecule has 1 saturated heterocycles. The summed E-state index contributed by atoms with van der Waals surface area (Å²) in [4.78, 5) is 29.3. The van der Waals surface area contributed by atoms with Gasteiger partial charge in [0, 0.05) is 32.7 Å². The van der Waals surface area contributed by atoms with Crippen LogP contribution in [0.3, 0.4) is 0 Å². The summed E-state index contributed by atoms with van der Waals surface area (Å²) in [6.07, 6.45) is 1.33. The molecule has 0 bridgehead atoms. The van der Waals surface area contributed by atoms with Crippen LogP contribution >= 0.6 is 0 Å². The summed E-state index contributed by atoms with van der Waals surface area (Å²) < 4.78 is 27.7. The van der Waals surface area contributed by atoms with Gasteiger partial charge in [0.05, 0.1) is 36.8 Å². The molecule has 1 aromatic heterocycles. The summed E-state index contributed by atoms with van der Waals surface area (Å²) >= 11 is 0. The summed E-state index contributed by atoms with van der Waals surface area (Å²) in [5, 5.41) is 0.432. The Kier molecular flexibility index (Phi) is 6.48. The van der Waals surface area contributed by atoms with Crippen LogP contribution in [0.25, 0.3) is 11.0 Å². The van der Waals surface area contributed by atoms with Crippen LogP contribution in [0.4, 0.5) is 0 Å². The van der Waals surface area contributed by atoms with Crippen LogP contribution in [0.5, 0.6) is 17.2 Å². The van der Waals surface area contributed by atoms with Gasteiger partial charge in [0.2, 0.25) is 11.2 Å². The number of carbonyl (C=O) groups is 1. The number of benzene rings is 2. The first-order valence-corrected chi connectivity index (χ1v) is 11.2. The van der Waals surface area contributed by atoms with Crippen molar-refractivity contribution in [2.45, 2.75) is 6.54 Å². The average Bonchev–Trinajstić information content (AvgIpc) is 2.89. The molecule has 0 N–H and O–H groups in total. The third-order valence-electron chi connectivity index (χ3n) is 6.09. The predicted molar refractivity (Wildman–Crippen MR) is 124 cm³/mol. The summed E-state index contributed by atoms with van der Waals surface area (Å²) in [5.41, 5.74) is 1.49. The highest BCUT2D eigenvalue weighted by Gasteiger charge is 2.23. The lowest BCUT2D eigenvalue weighted by Crippen LogP contribution is -2.43. The minimum absolute atomic E-state index is 0.0687. The molecule has 0 aliphatic carbocycles. The molecular weight excluding hydrogens is 440 g/mol. The molecule has 2 aromatic carbocycles. The number of ether oxygens (including phenoxy) is 4. The van der Waals surface area contributed by atoms with E-state index in [0.29, 0.717) is 35.6 Å². The van der Waals surface area contributed by atoms with Crippen LogP contribution < -0.4 is 14.9 Å². The van der Waals surface area contributed by atoms with Crippen LogP contribution in [0.2, 0.25) is 0 Å². The molecule has 5 rings (SSSR count). The van der Waals surface area contributed by atoms with Gasteiger partial charge in [-0.3, -0.25) is 14.6 Å². The number of fused-ring (bicyclic) bond motifs is 3. The molecule has 9 nitrogen and oxygen atoms in total. The fraction of sp³-hybridized carbons (Fsp3) is 0.360. The van der Waals surface area contributed by atoms with E-state index >= 15 is 0 Å². The lowest BCUT2D eigenvalue weighted by Gasteiger charge is -2.32. The lowest BCUT2D eigenvalue weighted by atomic mass is 10.1. The molecule has 0 unspecified atom stereocenters.